The second kappa shape index (κ2) is 8.58. The molecule has 0 aromatic heterocycles. The van der Waals surface area contributed by atoms with E-state index < -0.39 is 0 Å². The van der Waals surface area contributed by atoms with Gasteiger partial charge in [0.25, 0.3) is 0 Å². The standard InChI is InChI=1S/C6H12N2O2S3/c1-3-5(9)7-11-13-12-8-6(10)4-2/h3-4H2,1-2H3,(H,7,9)(H,8,10). The summed E-state index contributed by atoms with van der Waals surface area (Å²) in [5, 5.41) is 0. The second-order valence-electron chi connectivity index (χ2n) is 1.99. The zero-order valence-corrected chi connectivity index (χ0v) is 9.90. The van der Waals surface area contributed by atoms with E-state index >= 15 is 0 Å². The highest BCUT2D eigenvalue weighted by Gasteiger charge is 1.99. The van der Waals surface area contributed by atoms with E-state index in [-0.39, 0.29) is 11.8 Å². The number of nitrogens with one attached hydrogen (secondary N) is 2. The highest BCUT2D eigenvalue weighted by atomic mass is 33.5. The molecule has 2 N–H and O–H groups in total. The number of amides is 2. The van der Waals surface area contributed by atoms with Crippen molar-refractivity contribution in [1.29, 1.82) is 0 Å². The second-order valence-corrected chi connectivity index (χ2v) is 5.50. The molecule has 4 nitrogen and oxygen atoms in total. The van der Waals surface area contributed by atoms with Crippen molar-refractivity contribution in [3.8, 4) is 0 Å². The molecule has 0 fully saturated rings. The Balaban J connectivity index is 3.17. The van der Waals surface area contributed by atoms with Crippen LogP contribution in [0.3, 0.4) is 0 Å². The van der Waals surface area contributed by atoms with Crippen LogP contribution in [-0.4, -0.2) is 11.8 Å². The third-order valence-electron chi connectivity index (χ3n) is 1.02. The summed E-state index contributed by atoms with van der Waals surface area (Å²) in [6.07, 6.45) is 0.944. The molecule has 0 rings (SSSR count). The van der Waals surface area contributed by atoms with Crippen molar-refractivity contribution in [1.82, 2.24) is 9.44 Å². The first-order valence-electron chi connectivity index (χ1n) is 3.77. The Hall–Kier alpha value is -0.0100. The summed E-state index contributed by atoms with van der Waals surface area (Å²) in [6, 6.07) is 0. The zero-order chi connectivity index (χ0) is 10.1. The first-order chi connectivity index (χ1) is 6.20. The first-order valence-corrected chi connectivity index (χ1v) is 7.25. The lowest BCUT2D eigenvalue weighted by molar-refractivity contribution is -0.119. The van der Waals surface area contributed by atoms with Gasteiger partial charge in [-0.3, -0.25) is 19.0 Å². The van der Waals surface area contributed by atoms with Gasteiger partial charge in [-0.15, -0.1) is 0 Å². The third-order valence-corrected chi connectivity index (χ3v) is 3.91. The van der Waals surface area contributed by atoms with Crippen LogP contribution in [0.2, 0.25) is 0 Å². The van der Waals surface area contributed by atoms with Crippen LogP contribution in [0.5, 0.6) is 0 Å². The molecule has 0 heterocycles. The van der Waals surface area contributed by atoms with Gasteiger partial charge in [0, 0.05) is 44.6 Å². The lowest BCUT2D eigenvalue weighted by Gasteiger charge is -2.01. The van der Waals surface area contributed by atoms with Gasteiger partial charge in [0.1, 0.15) is 0 Å². The SMILES string of the molecule is CCC(=O)NSSSNC(=O)CC. The van der Waals surface area contributed by atoms with Crippen molar-refractivity contribution in [3.63, 3.8) is 0 Å². The van der Waals surface area contributed by atoms with E-state index in [0.717, 1.165) is 0 Å². The highest BCUT2D eigenvalue weighted by Crippen LogP contribution is 2.29. The Morgan fingerprint density at radius 1 is 1.00 bits per heavy atom. The lowest BCUT2D eigenvalue weighted by Crippen LogP contribution is -2.13. The normalized spacial score (nSPS) is 9.38. The first kappa shape index (κ1) is 13.0. The molecule has 7 heteroatoms. The molecule has 0 aliphatic carbocycles. The van der Waals surface area contributed by atoms with Crippen LogP contribution in [-0.2, 0) is 9.59 Å². The molecule has 0 spiro atoms. The topological polar surface area (TPSA) is 58.2 Å². The molecule has 0 saturated heterocycles. The number of carbonyl (C=O) groups excluding carboxylic acids is 2. The number of rotatable bonds is 6. The van der Waals surface area contributed by atoms with Gasteiger partial charge in [0.05, 0.1) is 0 Å². The fourth-order valence-corrected chi connectivity index (χ4v) is 2.65. The van der Waals surface area contributed by atoms with E-state index in [9.17, 15) is 9.59 Å². The van der Waals surface area contributed by atoms with Gasteiger partial charge in [0.2, 0.25) is 11.8 Å². The Morgan fingerprint density at radius 3 is 1.69 bits per heavy atom. The minimum atomic E-state index is -0.0140. The van der Waals surface area contributed by atoms with Crippen LogP contribution in [0.15, 0.2) is 0 Å². The van der Waals surface area contributed by atoms with Crippen molar-refractivity contribution in [2.24, 2.45) is 0 Å². The number of hydrogen-bond donors (Lipinski definition) is 2. The summed E-state index contributed by atoms with van der Waals surface area (Å²) >= 11 is 0. The smallest absolute Gasteiger partial charge is 0.230 e. The lowest BCUT2D eigenvalue weighted by atomic mass is 10.5. The van der Waals surface area contributed by atoms with E-state index in [0.29, 0.717) is 12.8 Å². The van der Waals surface area contributed by atoms with Gasteiger partial charge < -0.3 is 0 Å². The van der Waals surface area contributed by atoms with Gasteiger partial charge in [-0.25, -0.2) is 0 Å². The molecule has 0 aromatic carbocycles. The Bertz CT molecular complexity index is 159. The number of hydrogen-bond acceptors (Lipinski definition) is 5. The highest BCUT2D eigenvalue weighted by molar-refractivity contribution is 9.08. The summed E-state index contributed by atoms with van der Waals surface area (Å²) in [5.74, 6) is -0.0279. The van der Waals surface area contributed by atoms with Crippen molar-refractivity contribution in [2.45, 2.75) is 26.7 Å². The Kier molecular flexibility index (Phi) is 8.58. The van der Waals surface area contributed by atoms with Gasteiger partial charge in [0.15, 0.2) is 0 Å². The maximum Gasteiger partial charge on any atom is 0.230 e. The fourth-order valence-electron chi connectivity index (χ4n) is 0.288. The van der Waals surface area contributed by atoms with Crippen LogP contribution in [0.25, 0.3) is 0 Å². The summed E-state index contributed by atoms with van der Waals surface area (Å²) in [5.41, 5.74) is 0. The molecule has 13 heavy (non-hydrogen) atoms. The summed E-state index contributed by atoms with van der Waals surface area (Å²) in [6.45, 7) is 3.57. The largest absolute Gasteiger partial charge is 0.290 e. The number of carbonyl (C=O) groups is 2. The van der Waals surface area contributed by atoms with Gasteiger partial charge in [-0.2, -0.15) is 0 Å². The fraction of sp³-hybridized carbons (Fsp3) is 0.667. The van der Waals surface area contributed by atoms with Crippen molar-refractivity contribution in [2.75, 3.05) is 0 Å². The minimum Gasteiger partial charge on any atom is -0.290 e. The summed E-state index contributed by atoms with van der Waals surface area (Å²) in [7, 11) is 3.72. The zero-order valence-electron chi connectivity index (χ0n) is 7.46. The molecule has 0 unspecified atom stereocenters. The molecule has 0 radical (unpaired) electrons. The molecule has 2 amide bonds. The molecule has 0 atom stereocenters. The maximum absolute atomic E-state index is 10.7. The molecular weight excluding hydrogens is 228 g/mol. The maximum atomic E-state index is 10.7. The monoisotopic (exact) mass is 240 g/mol. The Labute approximate surface area is 89.4 Å². The molecule has 0 aliphatic heterocycles. The molecule has 0 aromatic rings. The quantitative estimate of drug-likeness (QED) is 0.422. The van der Waals surface area contributed by atoms with Crippen LogP contribution in [0, 0.1) is 0 Å². The van der Waals surface area contributed by atoms with Crippen molar-refractivity contribution < 1.29 is 9.59 Å². The molecular formula is C6H12N2O2S3. The Morgan fingerprint density at radius 2 is 1.38 bits per heavy atom. The van der Waals surface area contributed by atoms with Gasteiger partial charge in [-0.05, 0) is 0 Å². The predicted molar refractivity (Wildman–Crippen MR) is 59.6 cm³/mol. The van der Waals surface area contributed by atoms with Crippen LogP contribution >= 0.6 is 31.8 Å². The average Bonchev–Trinajstić information content (AvgIpc) is 2.16. The van der Waals surface area contributed by atoms with E-state index in [1.807, 2.05) is 0 Å². The third kappa shape index (κ3) is 8.32. The summed E-state index contributed by atoms with van der Waals surface area (Å²) in [4.78, 5) is 21.4. The van der Waals surface area contributed by atoms with Crippen molar-refractivity contribution in [3.05, 3.63) is 0 Å². The van der Waals surface area contributed by atoms with Gasteiger partial charge >= 0.3 is 0 Å². The average molecular weight is 240 g/mol. The molecule has 0 aliphatic rings. The predicted octanol–water partition coefficient (Wildman–Crippen LogP) is 1.90. The van der Waals surface area contributed by atoms with Gasteiger partial charge in [-0.1, -0.05) is 13.8 Å². The van der Waals surface area contributed by atoms with Crippen LogP contribution in [0.1, 0.15) is 26.7 Å². The molecule has 0 saturated carbocycles. The minimum absolute atomic E-state index is 0.0140. The van der Waals surface area contributed by atoms with Crippen LogP contribution in [0.4, 0.5) is 0 Å². The van der Waals surface area contributed by atoms with E-state index in [2.05, 4.69) is 9.44 Å². The van der Waals surface area contributed by atoms with Crippen LogP contribution < -0.4 is 9.44 Å². The van der Waals surface area contributed by atoms with E-state index in [1.54, 1.807) is 13.8 Å². The molecule has 0 bridgehead atoms. The van der Waals surface area contributed by atoms with E-state index in [1.165, 1.54) is 31.8 Å². The summed E-state index contributed by atoms with van der Waals surface area (Å²) < 4.78 is 5.19. The van der Waals surface area contributed by atoms with Crippen molar-refractivity contribution >= 4 is 43.6 Å². The molecule has 76 valence electrons. The van der Waals surface area contributed by atoms with E-state index in [4.69, 9.17) is 0 Å².